The lowest BCUT2D eigenvalue weighted by atomic mass is 9.95. The summed E-state index contributed by atoms with van der Waals surface area (Å²) in [6.07, 6.45) is 0. The van der Waals surface area contributed by atoms with Crippen molar-refractivity contribution >= 4 is 29.1 Å². The van der Waals surface area contributed by atoms with Crippen LogP contribution in [0.25, 0.3) is 5.76 Å². The van der Waals surface area contributed by atoms with E-state index in [2.05, 4.69) is 0 Å². The Kier molecular flexibility index (Phi) is 7.77. The Morgan fingerprint density at radius 1 is 1.03 bits per heavy atom. The number of ketones is 1. The molecule has 0 bridgehead atoms. The van der Waals surface area contributed by atoms with Gasteiger partial charge >= 0.3 is 0 Å². The van der Waals surface area contributed by atoms with Gasteiger partial charge in [-0.05, 0) is 49.7 Å². The van der Waals surface area contributed by atoms with E-state index in [1.54, 1.807) is 42.5 Å². The molecule has 1 heterocycles. The fraction of sp³-hybridized carbons (Fsp3) is 0.333. The van der Waals surface area contributed by atoms with E-state index in [0.717, 1.165) is 0 Å². The summed E-state index contributed by atoms with van der Waals surface area (Å²) in [5.74, 6) is -0.689. The highest BCUT2D eigenvalue weighted by Crippen LogP contribution is 2.41. The highest BCUT2D eigenvalue weighted by Gasteiger charge is 2.46. The highest BCUT2D eigenvalue weighted by atomic mass is 35.5. The number of halogens is 1. The van der Waals surface area contributed by atoms with Crippen LogP contribution in [0, 0.1) is 0 Å². The molecule has 1 fully saturated rings. The summed E-state index contributed by atoms with van der Waals surface area (Å²) in [5.41, 5.74) is 0.839. The fourth-order valence-electron chi connectivity index (χ4n) is 3.65. The van der Waals surface area contributed by atoms with Gasteiger partial charge in [0.25, 0.3) is 11.7 Å². The Balaban J connectivity index is 2.15. The van der Waals surface area contributed by atoms with E-state index < -0.39 is 17.7 Å². The number of ether oxygens (including phenoxy) is 3. The van der Waals surface area contributed by atoms with Gasteiger partial charge in [-0.3, -0.25) is 9.59 Å². The average Bonchev–Trinajstić information content (AvgIpc) is 3.04. The molecule has 1 unspecified atom stereocenters. The Morgan fingerprint density at radius 3 is 2.28 bits per heavy atom. The minimum Gasteiger partial charge on any atom is -0.507 e. The normalized spacial score (nSPS) is 17.6. The van der Waals surface area contributed by atoms with Crippen molar-refractivity contribution < 1.29 is 28.9 Å². The van der Waals surface area contributed by atoms with Crippen LogP contribution in [-0.2, 0) is 14.3 Å². The van der Waals surface area contributed by atoms with E-state index in [1.807, 2.05) is 13.8 Å². The van der Waals surface area contributed by atoms with Crippen molar-refractivity contribution in [3.8, 4) is 11.5 Å². The molecule has 0 aliphatic carbocycles. The molecule has 0 aromatic heterocycles. The van der Waals surface area contributed by atoms with Gasteiger partial charge in [0.2, 0.25) is 0 Å². The van der Waals surface area contributed by atoms with Gasteiger partial charge in [0.1, 0.15) is 17.3 Å². The molecule has 1 N–H and O–H groups in total. The van der Waals surface area contributed by atoms with Crippen LogP contribution in [0.15, 0.2) is 48.0 Å². The maximum absolute atomic E-state index is 13.0. The lowest BCUT2D eigenvalue weighted by molar-refractivity contribution is -0.140. The molecule has 1 amide bonds. The smallest absolute Gasteiger partial charge is 0.295 e. The number of methoxy groups -OCH3 is 1. The number of aliphatic hydroxyl groups is 1. The second-order valence-corrected chi connectivity index (χ2v) is 7.47. The van der Waals surface area contributed by atoms with Gasteiger partial charge in [-0.1, -0.05) is 23.7 Å². The predicted octanol–water partition coefficient (Wildman–Crippen LogP) is 4.21. The van der Waals surface area contributed by atoms with Crippen LogP contribution in [0.4, 0.5) is 0 Å². The molecule has 1 aliphatic heterocycles. The van der Waals surface area contributed by atoms with Crippen LogP contribution in [0.1, 0.15) is 31.0 Å². The third-order valence-corrected chi connectivity index (χ3v) is 5.42. The summed E-state index contributed by atoms with van der Waals surface area (Å²) < 4.78 is 16.1. The summed E-state index contributed by atoms with van der Waals surface area (Å²) in [7, 11) is 1.52. The SMILES string of the molecule is CCOc1ccc(C2/C(=C(\O)c3cc(OCC)ccc3Cl)C(=O)C(=O)N2CCOC)cc1. The van der Waals surface area contributed by atoms with Gasteiger partial charge in [-0.15, -0.1) is 0 Å². The first-order chi connectivity index (χ1) is 15.4. The summed E-state index contributed by atoms with van der Waals surface area (Å²) >= 11 is 6.33. The van der Waals surface area contributed by atoms with Crippen LogP contribution in [-0.4, -0.2) is 55.2 Å². The first-order valence-corrected chi connectivity index (χ1v) is 10.7. The zero-order valence-electron chi connectivity index (χ0n) is 18.3. The van der Waals surface area contributed by atoms with Gasteiger partial charge in [-0.2, -0.15) is 0 Å². The molecule has 170 valence electrons. The van der Waals surface area contributed by atoms with Gasteiger partial charge in [-0.25, -0.2) is 0 Å². The zero-order valence-corrected chi connectivity index (χ0v) is 19.0. The Hall–Kier alpha value is -3.03. The van der Waals surface area contributed by atoms with Crippen molar-refractivity contribution in [1.29, 1.82) is 0 Å². The average molecular weight is 460 g/mol. The number of aliphatic hydroxyl groups excluding tert-OH is 1. The monoisotopic (exact) mass is 459 g/mol. The Labute approximate surface area is 192 Å². The fourth-order valence-corrected chi connectivity index (χ4v) is 3.85. The molecule has 0 saturated carbocycles. The van der Waals surface area contributed by atoms with Crippen LogP contribution in [0.3, 0.4) is 0 Å². The van der Waals surface area contributed by atoms with E-state index in [0.29, 0.717) is 30.3 Å². The molecule has 8 heteroatoms. The van der Waals surface area contributed by atoms with Crippen LogP contribution >= 0.6 is 11.6 Å². The number of carbonyl (C=O) groups excluding carboxylic acids is 2. The van der Waals surface area contributed by atoms with Crippen molar-refractivity contribution in [1.82, 2.24) is 4.90 Å². The van der Waals surface area contributed by atoms with Crippen molar-refractivity contribution in [2.24, 2.45) is 0 Å². The van der Waals surface area contributed by atoms with Gasteiger partial charge in [0, 0.05) is 19.2 Å². The summed E-state index contributed by atoms with van der Waals surface area (Å²) in [5, 5.41) is 11.4. The number of amides is 1. The maximum atomic E-state index is 13.0. The van der Waals surface area contributed by atoms with Crippen LogP contribution < -0.4 is 9.47 Å². The summed E-state index contributed by atoms with van der Waals surface area (Å²) in [4.78, 5) is 27.3. The van der Waals surface area contributed by atoms with E-state index in [1.165, 1.54) is 12.0 Å². The first kappa shape index (κ1) is 23.6. The standard InChI is InChI=1S/C24H26ClNO6/c1-4-31-16-8-6-15(7-9-16)21-20(23(28)24(29)26(21)12-13-30-3)22(27)18-14-17(32-5-2)10-11-19(18)25/h6-11,14,21,27H,4-5,12-13H2,1-3H3/b22-20+. The number of likely N-dealkylation sites (tertiary alicyclic amines) is 1. The summed E-state index contributed by atoms with van der Waals surface area (Å²) in [6, 6.07) is 11.1. The molecule has 1 aliphatic rings. The van der Waals surface area contributed by atoms with E-state index >= 15 is 0 Å². The molecule has 1 saturated heterocycles. The van der Waals surface area contributed by atoms with Crippen molar-refractivity contribution in [2.75, 3.05) is 33.5 Å². The number of benzene rings is 2. The highest BCUT2D eigenvalue weighted by molar-refractivity contribution is 6.47. The summed E-state index contributed by atoms with van der Waals surface area (Å²) in [6.45, 7) is 5.08. The van der Waals surface area contributed by atoms with Crippen LogP contribution in [0.5, 0.6) is 11.5 Å². The van der Waals surface area contributed by atoms with Crippen molar-refractivity contribution in [3.05, 3.63) is 64.2 Å². The molecule has 2 aromatic rings. The molecule has 2 aromatic carbocycles. The number of carbonyl (C=O) groups is 2. The third-order valence-electron chi connectivity index (χ3n) is 5.09. The minimum absolute atomic E-state index is 0.0363. The second kappa shape index (κ2) is 10.5. The molecule has 3 rings (SSSR count). The van der Waals surface area contributed by atoms with Gasteiger partial charge in [0.05, 0.1) is 36.5 Å². The van der Waals surface area contributed by atoms with Gasteiger partial charge < -0.3 is 24.2 Å². The maximum Gasteiger partial charge on any atom is 0.295 e. The van der Waals surface area contributed by atoms with Crippen LogP contribution in [0.2, 0.25) is 5.02 Å². The van der Waals surface area contributed by atoms with Crippen molar-refractivity contribution in [3.63, 3.8) is 0 Å². The quantitative estimate of drug-likeness (QED) is 0.343. The van der Waals surface area contributed by atoms with Gasteiger partial charge in [0.15, 0.2) is 0 Å². The topological polar surface area (TPSA) is 85.3 Å². The molecule has 32 heavy (non-hydrogen) atoms. The molecule has 7 nitrogen and oxygen atoms in total. The zero-order chi connectivity index (χ0) is 23.3. The lowest BCUT2D eigenvalue weighted by Gasteiger charge is -2.25. The second-order valence-electron chi connectivity index (χ2n) is 7.06. The largest absolute Gasteiger partial charge is 0.507 e. The number of Topliss-reactive ketones (excluding diaryl/α,β-unsaturated/α-hetero) is 1. The predicted molar refractivity (Wildman–Crippen MR) is 121 cm³/mol. The minimum atomic E-state index is -0.798. The number of rotatable bonds is 9. The number of hydrogen-bond acceptors (Lipinski definition) is 6. The molecule has 0 radical (unpaired) electrons. The first-order valence-electron chi connectivity index (χ1n) is 10.4. The Bertz CT molecular complexity index is 1020. The van der Waals surface area contributed by atoms with Crippen molar-refractivity contribution in [2.45, 2.75) is 19.9 Å². The molecular formula is C24H26ClNO6. The molecule has 0 spiro atoms. The molecule has 1 atom stereocenters. The third kappa shape index (κ3) is 4.74. The number of hydrogen-bond donors (Lipinski definition) is 1. The van der Waals surface area contributed by atoms with E-state index in [4.69, 9.17) is 25.8 Å². The lowest BCUT2D eigenvalue weighted by Crippen LogP contribution is -2.32. The van der Waals surface area contributed by atoms with E-state index in [-0.39, 0.29) is 35.1 Å². The Morgan fingerprint density at radius 2 is 1.66 bits per heavy atom. The number of nitrogens with zero attached hydrogens (tertiary/aromatic N) is 1. The van der Waals surface area contributed by atoms with E-state index in [9.17, 15) is 14.7 Å². The molecular weight excluding hydrogens is 434 g/mol.